The van der Waals surface area contributed by atoms with Gasteiger partial charge in [0, 0.05) is 12.1 Å². The molecule has 1 aliphatic rings. The fourth-order valence-corrected chi connectivity index (χ4v) is 2.51. The number of anilines is 1. The second-order valence-electron chi connectivity index (χ2n) is 4.41. The highest BCUT2D eigenvalue weighted by Crippen LogP contribution is 2.29. The lowest BCUT2D eigenvalue weighted by atomic mass is 9.86. The summed E-state index contributed by atoms with van der Waals surface area (Å²) in [5.41, 5.74) is 0.604. The van der Waals surface area contributed by atoms with E-state index in [1.54, 1.807) is 6.07 Å². The summed E-state index contributed by atoms with van der Waals surface area (Å²) in [4.78, 5) is 11.0. The van der Waals surface area contributed by atoms with Gasteiger partial charge in [-0.15, -0.1) is 10.2 Å². The molecule has 1 fully saturated rings. The fourth-order valence-electron chi connectivity index (χ4n) is 2.22. The molecule has 0 bridgehead atoms. The zero-order chi connectivity index (χ0) is 13.1. The van der Waals surface area contributed by atoms with Gasteiger partial charge in [-0.1, -0.05) is 29.6 Å². The van der Waals surface area contributed by atoms with Gasteiger partial charge in [0.25, 0.3) is 0 Å². The number of carboxylic acids is 1. The molecule has 2 rings (SSSR count). The van der Waals surface area contributed by atoms with Gasteiger partial charge in [-0.3, -0.25) is 4.79 Å². The molecule has 5 nitrogen and oxygen atoms in total. The largest absolute Gasteiger partial charge is 0.481 e. The Kier molecular flexibility index (Phi) is 4.24. The molecule has 2 unspecified atom stereocenters. The second kappa shape index (κ2) is 5.71. The number of aromatic nitrogens is 2. The van der Waals surface area contributed by atoms with Gasteiger partial charge in [-0.2, -0.15) is 0 Å². The molecule has 0 saturated heterocycles. The Hall–Kier alpha value is -1.07. The molecule has 2 atom stereocenters. The Labute approximate surface area is 115 Å². The van der Waals surface area contributed by atoms with Gasteiger partial charge in [0.05, 0.1) is 11.6 Å². The summed E-state index contributed by atoms with van der Waals surface area (Å²) in [6.45, 7) is 0. The molecule has 18 heavy (non-hydrogen) atoms. The van der Waals surface area contributed by atoms with E-state index in [4.69, 9.17) is 28.3 Å². The molecule has 1 aromatic heterocycles. The molecule has 0 aromatic carbocycles. The van der Waals surface area contributed by atoms with E-state index in [-0.39, 0.29) is 22.3 Å². The number of halogens is 2. The van der Waals surface area contributed by atoms with Gasteiger partial charge in [0.1, 0.15) is 0 Å². The van der Waals surface area contributed by atoms with Gasteiger partial charge < -0.3 is 10.4 Å². The summed E-state index contributed by atoms with van der Waals surface area (Å²) in [7, 11) is 0. The molecule has 1 aliphatic carbocycles. The minimum absolute atomic E-state index is 0.0811. The molecule has 98 valence electrons. The van der Waals surface area contributed by atoms with Gasteiger partial charge in [0.2, 0.25) is 0 Å². The molecule has 1 heterocycles. The highest BCUT2D eigenvalue weighted by atomic mass is 35.5. The number of carbonyl (C=O) groups is 1. The highest BCUT2D eigenvalue weighted by molar-refractivity contribution is 6.33. The van der Waals surface area contributed by atoms with E-state index in [0.717, 1.165) is 19.3 Å². The molecule has 2 N–H and O–H groups in total. The first kappa shape index (κ1) is 13.4. The number of nitrogens with zero attached hydrogens (tertiary/aromatic N) is 2. The second-order valence-corrected chi connectivity index (χ2v) is 5.16. The quantitative estimate of drug-likeness (QED) is 0.895. The molecule has 0 radical (unpaired) electrons. The van der Waals surface area contributed by atoms with Crippen LogP contribution in [0.1, 0.15) is 25.7 Å². The Morgan fingerprint density at radius 3 is 2.89 bits per heavy atom. The normalized spacial score (nSPS) is 23.7. The Balaban J connectivity index is 2.04. The van der Waals surface area contributed by atoms with Crippen molar-refractivity contribution < 1.29 is 9.90 Å². The maximum Gasteiger partial charge on any atom is 0.306 e. The van der Waals surface area contributed by atoms with Crippen molar-refractivity contribution in [2.75, 3.05) is 5.32 Å². The summed E-state index contributed by atoms with van der Waals surface area (Å²) < 4.78 is 0. The Morgan fingerprint density at radius 1 is 1.39 bits per heavy atom. The van der Waals surface area contributed by atoms with Crippen LogP contribution >= 0.6 is 23.2 Å². The van der Waals surface area contributed by atoms with E-state index in [2.05, 4.69) is 15.5 Å². The third kappa shape index (κ3) is 3.23. The van der Waals surface area contributed by atoms with Crippen LogP contribution in [0.4, 0.5) is 5.69 Å². The number of rotatable bonds is 3. The topological polar surface area (TPSA) is 75.1 Å². The first-order valence-electron chi connectivity index (χ1n) is 5.74. The van der Waals surface area contributed by atoms with Crippen molar-refractivity contribution in [1.82, 2.24) is 10.2 Å². The third-order valence-corrected chi connectivity index (χ3v) is 3.57. The van der Waals surface area contributed by atoms with E-state index in [9.17, 15) is 4.79 Å². The predicted octanol–water partition coefficient (Wildman–Crippen LogP) is 2.84. The van der Waals surface area contributed by atoms with Crippen molar-refractivity contribution in [3.8, 4) is 0 Å². The number of hydrogen-bond donors (Lipinski definition) is 2. The van der Waals surface area contributed by atoms with Crippen molar-refractivity contribution in [2.24, 2.45) is 5.92 Å². The summed E-state index contributed by atoms with van der Waals surface area (Å²) in [5, 5.41) is 20.0. The van der Waals surface area contributed by atoms with E-state index in [0.29, 0.717) is 12.1 Å². The molecule has 1 saturated carbocycles. The third-order valence-electron chi connectivity index (χ3n) is 3.10. The van der Waals surface area contributed by atoms with Gasteiger partial charge >= 0.3 is 5.97 Å². The van der Waals surface area contributed by atoms with Crippen LogP contribution in [0.2, 0.25) is 10.3 Å². The van der Waals surface area contributed by atoms with Crippen LogP contribution in [0.25, 0.3) is 0 Å². The van der Waals surface area contributed by atoms with Gasteiger partial charge in [-0.05, 0) is 19.3 Å². The zero-order valence-electron chi connectivity index (χ0n) is 9.57. The summed E-state index contributed by atoms with van der Waals surface area (Å²) in [6, 6.07) is 1.68. The molecular formula is C11H13Cl2N3O2. The smallest absolute Gasteiger partial charge is 0.306 e. The summed E-state index contributed by atoms with van der Waals surface area (Å²) in [6.07, 6.45) is 3.13. The average molecular weight is 290 g/mol. The Morgan fingerprint density at radius 2 is 2.17 bits per heavy atom. The van der Waals surface area contributed by atoms with Crippen molar-refractivity contribution in [3.63, 3.8) is 0 Å². The lowest BCUT2D eigenvalue weighted by molar-refractivity contribution is -0.142. The summed E-state index contributed by atoms with van der Waals surface area (Å²) >= 11 is 11.7. The number of carboxylic acid groups (broad SMARTS) is 1. The van der Waals surface area contributed by atoms with Crippen LogP contribution in [0.15, 0.2) is 6.07 Å². The lowest BCUT2D eigenvalue weighted by Gasteiger charge is -2.28. The van der Waals surface area contributed by atoms with Crippen LogP contribution in [-0.2, 0) is 4.79 Å². The van der Waals surface area contributed by atoms with Crippen molar-refractivity contribution >= 4 is 34.9 Å². The molecular weight excluding hydrogens is 277 g/mol. The number of hydrogen-bond acceptors (Lipinski definition) is 4. The predicted molar refractivity (Wildman–Crippen MR) is 69.1 cm³/mol. The zero-order valence-corrected chi connectivity index (χ0v) is 11.1. The molecule has 0 aliphatic heterocycles. The summed E-state index contributed by atoms with van der Waals surface area (Å²) in [5.74, 6) is -1.03. The first-order valence-corrected chi connectivity index (χ1v) is 6.50. The van der Waals surface area contributed by atoms with Crippen LogP contribution in [0, 0.1) is 5.92 Å². The standard InChI is InChI=1S/C11H13Cl2N3O2/c12-9-5-8(10(13)16-15-9)14-7-3-1-2-6(4-7)11(17)18/h5-7H,1-4H2,(H,14,15)(H,17,18). The Bertz CT molecular complexity index is 456. The van der Waals surface area contributed by atoms with Gasteiger partial charge in [-0.25, -0.2) is 0 Å². The van der Waals surface area contributed by atoms with Crippen LogP contribution in [-0.4, -0.2) is 27.3 Å². The van der Waals surface area contributed by atoms with E-state index >= 15 is 0 Å². The minimum Gasteiger partial charge on any atom is -0.481 e. The fraction of sp³-hybridized carbons (Fsp3) is 0.545. The van der Waals surface area contributed by atoms with Crippen molar-refractivity contribution in [2.45, 2.75) is 31.7 Å². The highest BCUT2D eigenvalue weighted by Gasteiger charge is 2.27. The first-order chi connectivity index (χ1) is 8.56. The van der Waals surface area contributed by atoms with Crippen molar-refractivity contribution in [3.05, 3.63) is 16.4 Å². The van der Waals surface area contributed by atoms with E-state index in [1.807, 2.05) is 0 Å². The molecule has 0 amide bonds. The molecule has 1 aromatic rings. The molecule has 7 heteroatoms. The van der Waals surface area contributed by atoms with E-state index < -0.39 is 5.97 Å². The van der Waals surface area contributed by atoms with Crippen LogP contribution in [0.5, 0.6) is 0 Å². The van der Waals surface area contributed by atoms with Crippen LogP contribution < -0.4 is 5.32 Å². The minimum atomic E-state index is -0.738. The van der Waals surface area contributed by atoms with E-state index in [1.165, 1.54) is 0 Å². The number of aliphatic carboxylic acids is 1. The van der Waals surface area contributed by atoms with Crippen molar-refractivity contribution in [1.29, 1.82) is 0 Å². The average Bonchev–Trinajstić information content (AvgIpc) is 2.34. The maximum absolute atomic E-state index is 11.0. The monoisotopic (exact) mass is 289 g/mol. The molecule has 0 spiro atoms. The number of nitrogens with one attached hydrogen (secondary N) is 1. The lowest BCUT2D eigenvalue weighted by Crippen LogP contribution is -2.31. The van der Waals surface area contributed by atoms with Crippen LogP contribution in [0.3, 0.4) is 0 Å². The maximum atomic E-state index is 11.0. The van der Waals surface area contributed by atoms with Gasteiger partial charge in [0.15, 0.2) is 10.3 Å². The SMILES string of the molecule is O=C(O)C1CCCC(Nc2cc(Cl)nnc2Cl)C1.